The highest BCUT2D eigenvalue weighted by Gasteiger charge is 2.28. The molecular weight excluding hydrogens is 422 g/mol. The maximum absolute atomic E-state index is 13.0. The number of carbonyl (C=O) groups is 1. The van der Waals surface area contributed by atoms with Gasteiger partial charge in [-0.2, -0.15) is 0 Å². The number of fused-ring (bicyclic) bond motifs is 2. The number of benzene rings is 1. The van der Waals surface area contributed by atoms with E-state index in [4.69, 9.17) is 4.98 Å². The van der Waals surface area contributed by atoms with Crippen LogP contribution in [0.15, 0.2) is 58.7 Å². The van der Waals surface area contributed by atoms with Crippen molar-refractivity contribution in [3.8, 4) is 11.3 Å². The minimum atomic E-state index is -0.209. The fraction of sp³-hybridized carbons (Fsp3) is 0.250. The summed E-state index contributed by atoms with van der Waals surface area (Å²) < 4.78 is 3.66. The third kappa shape index (κ3) is 3.50. The lowest BCUT2D eigenvalue weighted by Crippen LogP contribution is -2.29. The number of thioether (sulfide) groups is 1. The van der Waals surface area contributed by atoms with Crippen molar-refractivity contribution in [3.63, 3.8) is 0 Å². The molecule has 8 heteroatoms. The molecule has 1 aliphatic heterocycles. The highest BCUT2D eigenvalue weighted by molar-refractivity contribution is 7.99. The molecule has 5 rings (SSSR count). The molecule has 0 saturated carbocycles. The molecule has 0 aliphatic carbocycles. The standard InChI is InChI=1S/C24H23N5O2S/c1-14-7-6-10-28-12-20(27-22(14)28)18-8-4-5-9-19(18)26-21(30)11-17-13-32-24-25-16(3)15(2)23(31)29(17)24/h4-10,12,17H,11,13H2,1-3H3,(H,26,30). The normalized spacial score (nSPS) is 15.2. The first-order chi connectivity index (χ1) is 15.4. The van der Waals surface area contributed by atoms with Crippen molar-refractivity contribution in [1.82, 2.24) is 18.9 Å². The summed E-state index contributed by atoms with van der Waals surface area (Å²) in [5, 5.41) is 3.73. The Hall–Kier alpha value is -3.39. The van der Waals surface area contributed by atoms with Crippen LogP contribution in [0.3, 0.4) is 0 Å². The lowest BCUT2D eigenvalue weighted by molar-refractivity contribution is -0.116. The monoisotopic (exact) mass is 445 g/mol. The number of aryl methyl sites for hydroxylation is 2. The summed E-state index contributed by atoms with van der Waals surface area (Å²) in [7, 11) is 0. The minimum absolute atomic E-state index is 0.0595. The highest BCUT2D eigenvalue weighted by atomic mass is 32.2. The van der Waals surface area contributed by atoms with Gasteiger partial charge in [0.1, 0.15) is 5.65 Å². The summed E-state index contributed by atoms with van der Waals surface area (Å²) >= 11 is 1.52. The van der Waals surface area contributed by atoms with Crippen LogP contribution in [0.2, 0.25) is 0 Å². The van der Waals surface area contributed by atoms with Gasteiger partial charge < -0.3 is 9.72 Å². The molecule has 7 nitrogen and oxygen atoms in total. The molecule has 1 unspecified atom stereocenters. The average molecular weight is 446 g/mol. The van der Waals surface area contributed by atoms with Gasteiger partial charge >= 0.3 is 0 Å². The van der Waals surface area contributed by atoms with Crippen LogP contribution in [0, 0.1) is 20.8 Å². The Morgan fingerprint density at radius 1 is 1.16 bits per heavy atom. The number of imidazole rings is 1. The van der Waals surface area contributed by atoms with Crippen LogP contribution in [0.25, 0.3) is 16.9 Å². The first kappa shape index (κ1) is 20.5. The molecule has 0 bridgehead atoms. The first-order valence-electron chi connectivity index (χ1n) is 10.5. The fourth-order valence-corrected chi connectivity index (χ4v) is 5.22. The van der Waals surface area contributed by atoms with Gasteiger partial charge in [-0.3, -0.25) is 14.2 Å². The summed E-state index contributed by atoms with van der Waals surface area (Å²) in [4.78, 5) is 35.0. The van der Waals surface area contributed by atoms with E-state index in [2.05, 4.69) is 10.3 Å². The predicted molar refractivity (Wildman–Crippen MR) is 126 cm³/mol. The summed E-state index contributed by atoms with van der Waals surface area (Å²) in [6, 6.07) is 11.5. The van der Waals surface area contributed by atoms with Gasteiger partial charge in [-0.25, -0.2) is 9.97 Å². The fourth-order valence-electron chi connectivity index (χ4n) is 4.04. The van der Waals surface area contributed by atoms with E-state index in [1.807, 2.05) is 67.0 Å². The maximum atomic E-state index is 13.0. The molecular formula is C24H23N5O2S. The van der Waals surface area contributed by atoms with Crippen LogP contribution in [0.1, 0.15) is 29.3 Å². The SMILES string of the molecule is Cc1nc2n(c(=O)c1C)C(CC(=O)Nc1ccccc1-c1cn3cccc(C)c3n1)CS2. The largest absolute Gasteiger partial charge is 0.325 e. The van der Waals surface area contributed by atoms with E-state index in [0.29, 0.717) is 22.2 Å². The van der Waals surface area contributed by atoms with Crippen LogP contribution < -0.4 is 10.9 Å². The van der Waals surface area contributed by atoms with E-state index in [-0.39, 0.29) is 23.9 Å². The second-order valence-corrected chi connectivity index (χ2v) is 9.08. The molecule has 1 atom stereocenters. The molecule has 1 amide bonds. The van der Waals surface area contributed by atoms with Crippen molar-refractivity contribution in [2.75, 3.05) is 11.1 Å². The Kier molecular flexibility index (Phi) is 5.09. The maximum Gasteiger partial charge on any atom is 0.257 e. The molecule has 4 aromatic rings. The summed E-state index contributed by atoms with van der Waals surface area (Å²) in [6.45, 7) is 5.65. The second kappa shape index (κ2) is 7.94. The molecule has 3 aromatic heterocycles. The van der Waals surface area contributed by atoms with Crippen molar-refractivity contribution in [2.24, 2.45) is 0 Å². The van der Waals surface area contributed by atoms with Gasteiger partial charge in [0.25, 0.3) is 5.56 Å². The number of carbonyl (C=O) groups excluding carboxylic acids is 1. The van der Waals surface area contributed by atoms with Crippen LogP contribution >= 0.6 is 11.8 Å². The zero-order valence-corrected chi connectivity index (χ0v) is 18.9. The summed E-state index contributed by atoms with van der Waals surface area (Å²) in [5.74, 6) is 0.521. The van der Waals surface area contributed by atoms with E-state index < -0.39 is 0 Å². The number of rotatable bonds is 4. The second-order valence-electron chi connectivity index (χ2n) is 8.09. The highest BCUT2D eigenvalue weighted by Crippen LogP contribution is 2.33. The lowest BCUT2D eigenvalue weighted by atomic mass is 10.1. The van der Waals surface area contributed by atoms with Gasteiger partial charge in [0.2, 0.25) is 5.91 Å². The Bertz CT molecular complexity index is 1420. The quantitative estimate of drug-likeness (QED) is 0.477. The Morgan fingerprint density at radius 3 is 2.78 bits per heavy atom. The third-order valence-electron chi connectivity index (χ3n) is 5.90. The number of nitrogens with zero attached hydrogens (tertiary/aromatic N) is 4. The van der Waals surface area contributed by atoms with Crippen molar-refractivity contribution in [2.45, 2.75) is 38.4 Å². The molecule has 1 N–H and O–H groups in total. The van der Waals surface area contributed by atoms with Crippen LogP contribution in [-0.2, 0) is 4.79 Å². The molecule has 4 heterocycles. The Balaban J connectivity index is 1.41. The number of amides is 1. The number of nitrogens with one attached hydrogen (secondary N) is 1. The summed E-state index contributed by atoms with van der Waals surface area (Å²) in [6.07, 6.45) is 4.14. The number of aromatic nitrogens is 4. The van der Waals surface area contributed by atoms with Gasteiger partial charge in [-0.1, -0.05) is 36.0 Å². The minimum Gasteiger partial charge on any atom is -0.325 e. The van der Waals surface area contributed by atoms with Gasteiger partial charge in [0, 0.05) is 41.4 Å². The first-order valence-corrected chi connectivity index (χ1v) is 11.5. The van der Waals surface area contributed by atoms with Crippen molar-refractivity contribution >= 4 is 29.0 Å². The lowest BCUT2D eigenvalue weighted by Gasteiger charge is -2.15. The van der Waals surface area contributed by atoms with E-state index in [0.717, 1.165) is 28.2 Å². The van der Waals surface area contributed by atoms with Gasteiger partial charge in [-0.05, 0) is 38.5 Å². The van der Waals surface area contributed by atoms with Crippen LogP contribution in [0.4, 0.5) is 5.69 Å². The Labute approximate surface area is 189 Å². The third-order valence-corrected chi connectivity index (χ3v) is 7.00. The van der Waals surface area contributed by atoms with Gasteiger partial charge in [0.15, 0.2) is 5.16 Å². The van der Waals surface area contributed by atoms with Crippen LogP contribution in [0.5, 0.6) is 0 Å². The average Bonchev–Trinajstić information content (AvgIpc) is 3.37. The zero-order valence-electron chi connectivity index (χ0n) is 18.1. The van der Waals surface area contributed by atoms with E-state index in [1.54, 1.807) is 11.5 Å². The molecule has 1 aromatic carbocycles. The zero-order chi connectivity index (χ0) is 22.4. The predicted octanol–water partition coefficient (Wildman–Crippen LogP) is 4.16. The topological polar surface area (TPSA) is 81.3 Å². The number of pyridine rings is 1. The molecule has 0 spiro atoms. The van der Waals surface area contributed by atoms with Gasteiger partial charge in [-0.15, -0.1) is 0 Å². The van der Waals surface area contributed by atoms with Crippen molar-refractivity contribution in [3.05, 3.63) is 76.0 Å². The van der Waals surface area contributed by atoms with Crippen molar-refractivity contribution < 1.29 is 4.79 Å². The smallest absolute Gasteiger partial charge is 0.257 e. The van der Waals surface area contributed by atoms with Gasteiger partial charge in [0.05, 0.1) is 17.4 Å². The number of anilines is 1. The van der Waals surface area contributed by atoms with Crippen molar-refractivity contribution in [1.29, 1.82) is 0 Å². The molecule has 0 fully saturated rings. The molecule has 1 aliphatic rings. The number of para-hydroxylation sites is 1. The van der Waals surface area contributed by atoms with E-state index in [9.17, 15) is 9.59 Å². The van der Waals surface area contributed by atoms with Crippen LogP contribution in [-0.4, -0.2) is 30.6 Å². The molecule has 0 saturated heterocycles. The molecule has 162 valence electrons. The van der Waals surface area contributed by atoms with E-state index >= 15 is 0 Å². The Morgan fingerprint density at radius 2 is 1.97 bits per heavy atom. The molecule has 32 heavy (non-hydrogen) atoms. The molecule has 0 radical (unpaired) electrons. The number of hydrogen-bond acceptors (Lipinski definition) is 5. The summed E-state index contributed by atoms with van der Waals surface area (Å²) in [5.41, 5.74) is 5.65. The number of hydrogen-bond donors (Lipinski definition) is 1. The van der Waals surface area contributed by atoms with E-state index in [1.165, 1.54) is 11.8 Å².